The number of carbonyl (C=O) groups excluding carboxylic acids is 1. The van der Waals surface area contributed by atoms with Gasteiger partial charge in [0.25, 0.3) is 5.91 Å². The van der Waals surface area contributed by atoms with Crippen LogP contribution in [0.25, 0.3) is 0 Å². The van der Waals surface area contributed by atoms with Crippen LogP contribution in [0.4, 0.5) is 0 Å². The van der Waals surface area contributed by atoms with E-state index in [-0.39, 0.29) is 23.8 Å². The second-order valence-electron chi connectivity index (χ2n) is 7.17. The topological polar surface area (TPSA) is 59.0 Å². The van der Waals surface area contributed by atoms with E-state index in [1.54, 1.807) is 6.07 Å². The van der Waals surface area contributed by atoms with Crippen LogP contribution in [0.2, 0.25) is 0 Å². The number of rotatable bonds is 4. The Balaban J connectivity index is 1.51. The molecule has 26 heavy (non-hydrogen) atoms. The molecule has 2 atom stereocenters. The van der Waals surface area contributed by atoms with Gasteiger partial charge in [0.05, 0.1) is 13.2 Å². The van der Waals surface area contributed by atoms with E-state index in [1.165, 1.54) is 0 Å². The zero-order valence-electron chi connectivity index (χ0n) is 14.6. The van der Waals surface area contributed by atoms with Gasteiger partial charge in [0.15, 0.2) is 0 Å². The Morgan fingerprint density at radius 2 is 2.00 bits per heavy atom. The highest BCUT2D eigenvalue weighted by atomic mass is 16.5. The number of aliphatic hydroxyl groups is 1. The first kappa shape index (κ1) is 17.1. The molecule has 0 saturated carbocycles. The van der Waals surface area contributed by atoms with Gasteiger partial charge < -0.3 is 19.5 Å². The predicted octanol–water partition coefficient (Wildman–Crippen LogP) is 2.95. The van der Waals surface area contributed by atoms with Crippen molar-refractivity contribution in [2.24, 2.45) is 11.3 Å². The highest BCUT2D eigenvalue weighted by Gasteiger charge is 2.49. The molecule has 0 bridgehead atoms. The number of nitrogens with zero attached hydrogens (tertiary/aromatic N) is 1. The van der Waals surface area contributed by atoms with Gasteiger partial charge in [-0.15, -0.1) is 0 Å². The van der Waals surface area contributed by atoms with Crippen LogP contribution < -0.4 is 4.74 Å². The van der Waals surface area contributed by atoms with Gasteiger partial charge in [0.1, 0.15) is 11.5 Å². The summed E-state index contributed by atoms with van der Waals surface area (Å²) in [6, 6.07) is 16.8. The fourth-order valence-corrected chi connectivity index (χ4v) is 3.96. The highest BCUT2D eigenvalue weighted by molar-refractivity contribution is 5.94. The standard InChI is InChI=1S/C21H23NO4/c23-15-21-9-10-25-13-17(21)12-22(14-21)20(24)16-5-4-8-19(11-16)26-18-6-2-1-3-7-18/h1-8,11,17,23H,9-10,12-15H2/t17-,21-/m1/s1. The summed E-state index contributed by atoms with van der Waals surface area (Å²) in [5.74, 6) is 1.55. The molecule has 2 aliphatic heterocycles. The molecule has 0 aromatic heterocycles. The number of para-hydroxylation sites is 1. The molecular weight excluding hydrogens is 330 g/mol. The minimum Gasteiger partial charge on any atom is -0.457 e. The number of hydrogen-bond donors (Lipinski definition) is 1. The second-order valence-corrected chi connectivity index (χ2v) is 7.17. The molecule has 1 amide bonds. The van der Waals surface area contributed by atoms with Crippen LogP contribution >= 0.6 is 0 Å². The summed E-state index contributed by atoms with van der Waals surface area (Å²) in [4.78, 5) is 14.8. The lowest BCUT2D eigenvalue weighted by Gasteiger charge is -2.36. The fraction of sp³-hybridized carbons (Fsp3) is 0.381. The molecule has 0 unspecified atom stereocenters. The van der Waals surface area contributed by atoms with Crippen molar-refractivity contribution in [3.05, 3.63) is 60.2 Å². The van der Waals surface area contributed by atoms with Crippen molar-refractivity contribution in [1.29, 1.82) is 0 Å². The molecular formula is C21H23NO4. The van der Waals surface area contributed by atoms with Gasteiger partial charge in [-0.2, -0.15) is 0 Å². The van der Waals surface area contributed by atoms with Crippen molar-refractivity contribution >= 4 is 5.91 Å². The average molecular weight is 353 g/mol. The Kier molecular flexibility index (Phi) is 4.66. The molecule has 5 nitrogen and oxygen atoms in total. The highest BCUT2D eigenvalue weighted by Crippen LogP contribution is 2.42. The zero-order valence-corrected chi connectivity index (χ0v) is 14.6. The summed E-state index contributed by atoms with van der Waals surface area (Å²) in [5, 5.41) is 9.92. The van der Waals surface area contributed by atoms with E-state index >= 15 is 0 Å². The Morgan fingerprint density at radius 3 is 2.77 bits per heavy atom. The number of carbonyl (C=O) groups is 1. The first-order valence-electron chi connectivity index (χ1n) is 9.01. The minimum atomic E-state index is -0.216. The van der Waals surface area contributed by atoms with Gasteiger partial charge in [-0.3, -0.25) is 4.79 Å². The summed E-state index contributed by atoms with van der Waals surface area (Å²) < 4.78 is 11.4. The zero-order chi connectivity index (χ0) is 18.0. The lowest BCUT2D eigenvalue weighted by Crippen LogP contribution is -2.41. The molecule has 5 heteroatoms. The largest absolute Gasteiger partial charge is 0.457 e. The number of ether oxygens (including phenoxy) is 2. The third-order valence-electron chi connectivity index (χ3n) is 5.54. The van der Waals surface area contributed by atoms with E-state index < -0.39 is 0 Å². The van der Waals surface area contributed by atoms with E-state index in [9.17, 15) is 9.90 Å². The molecule has 2 saturated heterocycles. The summed E-state index contributed by atoms with van der Waals surface area (Å²) in [6.45, 7) is 2.58. The first-order valence-corrected chi connectivity index (χ1v) is 9.01. The number of likely N-dealkylation sites (tertiary alicyclic amines) is 1. The number of amides is 1. The number of hydrogen-bond acceptors (Lipinski definition) is 4. The van der Waals surface area contributed by atoms with Crippen LogP contribution in [-0.4, -0.2) is 48.8 Å². The maximum atomic E-state index is 13.0. The van der Waals surface area contributed by atoms with Crippen molar-refractivity contribution in [3.8, 4) is 11.5 Å². The van der Waals surface area contributed by atoms with E-state index in [4.69, 9.17) is 9.47 Å². The normalized spacial score (nSPS) is 25.0. The summed E-state index contributed by atoms with van der Waals surface area (Å²) in [6.07, 6.45) is 0.801. The van der Waals surface area contributed by atoms with Crippen LogP contribution in [0.1, 0.15) is 16.8 Å². The molecule has 0 spiro atoms. The predicted molar refractivity (Wildman–Crippen MR) is 97.3 cm³/mol. The van der Waals surface area contributed by atoms with Gasteiger partial charge in [0, 0.05) is 36.6 Å². The van der Waals surface area contributed by atoms with Gasteiger partial charge in [-0.05, 0) is 36.8 Å². The average Bonchev–Trinajstić information content (AvgIpc) is 3.09. The van der Waals surface area contributed by atoms with Gasteiger partial charge in [-0.25, -0.2) is 0 Å². The van der Waals surface area contributed by atoms with Gasteiger partial charge in [0.2, 0.25) is 0 Å². The van der Waals surface area contributed by atoms with Gasteiger partial charge >= 0.3 is 0 Å². The summed E-state index contributed by atoms with van der Waals surface area (Å²) in [5.41, 5.74) is 0.387. The Bertz CT molecular complexity index is 779. The lowest BCUT2D eigenvalue weighted by atomic mass is 9.75. The molecule has 1 N–H and O–H groups in total. The molecule has 2 fully saturated rings. The maximum absolute atomic E-state index is 13.0. The monoisotopic (exact) mass is 353 g/mol. The quantitative estimate of drug-likeness (QED) is 0.918. The first-order chi connectivity index (χ1) is 12.7. The van der Waals surface area contributed by atoms with E-state index in [0.29, 0.717) is 37.6 Å². The van der Waals surface area contributed by atoms with Crippen molar-refractivity contribution < 1.29 is 19.4 Å². The maximum Gasteiger partial charge on any atom is 0.254 e. The van der Waals surface area contributed by atoms with Crippen molar-refractivity contribution in [3.63, 3.8) is 0 Å². The fourth-order valence-electron chi connectivity index (χ4n) is 3.96. The molecule has 2 aliphatic rings. The van der Waals surface area contributed by atoms with E-state index in [1.807, 2.05) is 53.4 Å². The molecule has 2 heterocycles. The Morgan fingerprint density at radius 1 is 1.19 bits per heavy atom. The molecule has 0 radical (unpaired) electrons. The van der Waals surface area contributed by atoms with E-state index in [2.05, 4.69) is 0 Å². The van der Waals surface area contributed by atoms with Crippen LogP contribution in [-0.2, 0) is 4.74 Å². The molecule has 2 aromatic rings. The summed E-state index contributed by atoms with van der Waals surface area (Å²) >= 11 is 0. The number of benzene rings is 2. The van der Waals surface area contributed by atoms with Crippen LogP contribution in [0.15, 0.2) is 54.6 Å². The third kappa shape index (κ3) is 3.20. The number of fused-ring (bicyclic) bond motifs is 1. The smallest absolute Gasteiger partial charge is 0.254 e. The molecule has 2 aromatic carbocycles. The van der Waals surface area contributed by atoms with Crippen molar-refractivity contribution in [2.45, 2.75) is 6.42 Å². The Labute approximate surface area is 153 Å². The molecule has 0 aliphatic carbocycles. The van der Waals surface area contributed by atoms with Gasteiger partial charge in [-0.1, -0.05) is 24.3 Å². The third-order valence-corrected chi connectivity index (χ3v) is 5.54. The van der Waals surface area contributed by atoms with Crippen molar-refractivity contribution in [1.82, 2.24) is 4.90 Å². The van der Waals surface area contributed by atoms with Crippen LogP contribution in [0.3, 0.4) is 0 Å². The van der Waals surface area contributed by atoms with Crippen LogP contribution in [0, 0.1) is 11.3 Å². The van der Waals surface area contributed by atoms with Crippen molar-refractivity contribution in [2.75, 3.05) is 32.9 Å². The number of aliphatic hydroxyl groups excluding tert-OH is 1. The minimum absolute atomic E-state index is 0.0225. The summed E-state index contributed by atoms with van der Waals surface area (Å²) in [7, 11) is 0. The van der Waals surface area contributed by atoms with E-state index in [0.717, 1.165) is 12.2 Å². The lowest BCUT2D eigenvalue weighted by molar-refractivity contribution is -0.0415. The Hall–Kier alpha value is -2.37. The van der Waals surface area contributed by atoms with Crippen LogP contribution in [0.5, 0.6) is 11.5 Å². The second kappa shape index (κ2) is 7.09. The SMILES string of the molecule is O=C(c1cccc(Oc2ccccc2)c1)N1C[C@@H]2COCC[C@]2(CO)C1. The molecule has 4 rings (SSSR count). The molecule has 136 valence electrons.